The normalized spacial score (nSPS) is 12.7. The van der Waals surface area contributed by atoms with Gasteiger partial charge in [-0.15, -0.1) is 0 Å². The van der Waals surface area contributed by atoms with E-state index in [1.807, 2.05) is 18.2 Å². The second-order valence-corrected chi connectivity index (χ2v) is 8.01. The van der Waals surface area contributed by atoms with Crippen molar-refractivity contribution in [1.82, 2.24) is 0 Å². The summed E-state index contributed by atoms with van der Waals surface area (Å²) in [6.07, 6.45) is -1.07. The van der Waals surface area contributed by atoms with Crippen LogP contribution in [-0.2, 0) is 19.6 Å². The molecule has 6 nitrogen and oxygen atoms in total. The largest absolute Gasteiger partial charge is 1.00 e. The van der Waals surface area contributed by atoms with E-state index in [1.54, 1.807) is 54.6 Å². The van der Waals surface area contributed by atoms with E-state index in [-0.39, 0.29) is 36.5 Å². The molecule has 0 heterocycles. The Morgan fingerprint density at radius 2 is 1.61 bits per heavy atom. The van der Waals surface area contributed by atoms with E-state index in [4.69, 9.17) is 14.0 Å². The Morgan fingerprint density at radius 3 is 2.29 bits per heavy atom. The number of halogens is 2. The van der Waals surface area contributed by atoms with Gasteiger partial charge in [0.15, 0.2) is 6.10 Å². The van der Waals surface area contributed by atoms with E-state index in [1.165, 1.54) is 0 Å². The SMILES string of the molecule is O=C(OC(COCC(F)(F)S(=O)(=O)O)c1ccccc1)c1cccc2ccccc12.[H-].[Na+]. The molecule has 0 aliphatic rings. The molecule has 160 valence electrons. The Labute approximate surface area is 201 Å². The van der Waals surface area contributed by atoms with E-state index in [9.17, 15) is 22.0 Å². The summed E-state index contributed by atoms with van der Waals surface area (Å²) in [5.41, 5.74) is 0.763. The topological polar surface area (TPSA) is 89.9 Å². The van der Waals surface area contributed by atoms with Crippen molar-refractivity contribution in [1.29, 1.82) is 0 Å². The van der Waals surface area contributed by atoms with E-state index in [0.717, 1.165) is 5.39 Å². The van der Waals surface area contributed by atoms with Crippen LogP contribution >= 0.6 is 0 Å². The summed E-state index contributed by atoms with van der Waals surface area (Å²) in [6.45, 7) is -2.12. The predicted octanol–water partition coefficient (Wildman–Crippen LogP) is 1.35. The van der Waals surface area contributed by atoms with Gasteiger partial charge in [-0.2, -0.15) is 17.2 Å². The van der Waals surface area contributed by atoms with Crippen molar-refractivity contribution in [2.75, 3.05) is 13.2 Å². The number of benzene rings is 3. The van der Waals surface area contributed by atoms with Crippen LogP contribution in [-0.4, -0.2) is 37.4 Å². The van der Waals surface area contributed by atoms with Gasteiger partial charge in [0.25, 0.3) is 0 Å². The summed E-state index contributed by atoms with van der Waals surface area (Å²) in [4.78, 5) is 12.8. The van der Waals surface area contributed by atoms with Gasteiger partial charge in [-0.1, -0.05) is 66.7 Å². The maximum Gasteiger partial charge on any atom is 1.00 e. The second-order valence-electron chi connectivity index (χ2n) is 6.46. The number of fused-ring (bicyclic) bond motifs is 1. The molecular formula is C21H19F2NaO6S. The van der Waals surface area contributed by atoms with Gasteiger partial charge < -0.3 is 10.9 Å². The zero-order valence-corrected chi connectivity index (χ0v) is 19.4. The minimum Gasteiger partial charge on any atom is -1.00 e. The smallest absolute Gasteiger partial charge is 1.00 e. The van der Waals surface area contributed by atoms with Crippen molar-refractivity contribution in [2.45, 2.75) is 11.4 Å². The van der Waals surface area contributed by atoms with Crippen molar-refractivity contribution in [3.8, 4) is 0 Å². The van der Waals surface area contributed by atoms with Gasteiger partial charge in [0.1, 0.15) is 6.61 Å². The standard InChI is InChI=1S/C21H18F2O6S.Na.H/c22-21(23,30(25,26)27)14-28-13-19(16-8-2-1-3-9-16)29-20(24)18-12-6-10-15-7-4-5-11-17(15)18;;/h1-12,19H,13-14H2,(H,25,26,27);;/q;+1;-1. The zero-order chi connectivity index (χ0) is 21.8. The number of ether oxygens (including phenoxy) is 2. The minimum atomic E-state index is -5.62. The Morgan fingerprint density at radius 1 is 1.00 bits per heavy atom. The third-order valence-corrected chi connectivity index (χ3v) is 5.22. The van der Waals surface area contributed by atoms with Gasteiger partial charge in [0.2, 0.25) is 0 Å². The fraction of sp³-hybridized carbons (Fsp3) is 0.190. The van der Waals surface area contributed by atoms with Crippen molar-refractivity contribution in [3.05, 3.63) is 83.9 Å². The maximum absolute atomic E-state index is 13.4. The first-order valence-electron chi connectivity index (χ1n) is 8.85. The number of hydrogen-bond acceptors (Lipinski definition) is 5. The van der Waals surface area contributed by atoms with Gasteiger partial charge in [-0.05, 0) is 22.4 Å². The van der Waals surface area contributed by atoms with Crippen LogP contribution in [0.15, 0.2) is 72.8 Å². The molecule has 0 radical (unpaired) electrons. The molecule has 31 heavy (non-hydrogen) atoms. The summed E-state index contributed by atoms with van der Waals surface area (Å²) < 4.78 is 67.2. The van der Waals surface area contributed by atoms with Gasteiger partial charge >= 0.3 is 50.9 Å². The Balaban J connectivity index is 0.00000256. The molecule has 0 bridgehead atoms. The molecule has 0 amide bonds. The fourth-order valence-corrected chi connectivity index (χ4v) is 3.05. The predicted molar refractivity (Wildman–Crippen MR) is 107 cm³/mol. The molecule has 0 aliphatic heterocycles. The quantitative estimate of drug-likeness (QED) is 0.310. The average Bonchev–Trinajstić information content (AvgIpc) is 2.72. The number of alkyl halides is 2. The molecule has 3 aromatic carbocycles. The summed E-state index contributed by atoms with van der Waals surface area (Å²) in [7, 11) is -5.62. The fourth-order valence-electron chi connectivity index (χ4n) is 2.82. The number of esters is 1. The summed E-state index contributed by atoms with van der Waals surface area (Å²) >= 11 is 0. The van der Waals surface area contributed by atoms with Crippen LogP contribution < -0.4 is 29.6 Å². The average molecular weight is 460 g/mol. The zero-order valence-electron chi connectivity index (χ0n) is 17.6. The first kappa shape index (κ1) is 25.4. The van der Waals surface area contributed by atoms with Crippen LogP contribution in [0.2, 0.25) is 0 Å². The molecule has 0 spiro atoms. The van der Waals surface area contributed by atoms with Crippen molar-refractivity contribution in [3.63, 3.8) is 0 Å². The molecular weight excluding hydrogens is 441 g/mol. The van der Waals surface area contributed by atoms with Crippen LogP contribution in [0.25, 0.3) is 10.8 Å². The van der Waals surface area contributed by atoms with E-state index in [2.05, 4.69) is 0 Å². The molecule has 0 saturated heterocycles. The summed E-state index contributed by atoms with van der Waals surface area (Å²) in [6, 6.07) is 20.6. The van der Waals surface area contributed by atoms with E-state index in [0.29, 0.717) is 10.9 Å². The van der Waals surface area contributed by atoms with Crippen LogP contribution in [0, 0.1) is 0 Å². The Hall–Kier alpha value is -1.88. The molecule has 0 aliphatic carbocycles. The van der Waals surface area contributed by atoms with Gasteiger partial charge in [0, 0.05) is 0 Å². The molecule has 10 heteroatoms. The van der Waals surface area contributed by atoms with Crippen LogP contribution in [0.3, 0.4) is 0 Å². The monoisotopic (exact) mass is 460 g/mol. The third-order valence-electron chi connectivity index (χ3n) is 4.35. The van der Waals surface area contributed by atoms with Crippen LogP contribution in [0.5, 0.6) is 0 Å². The molecule has 3 rings (SSSR count). The molecule has 3 aromatic rings. The van der Waals surface area contributed by atoms with Gasteiger partial charge in [-0.3, -0.25) is 4.55 Å². The molecule has 0 saturated carbocycles. The Bertz CT molecular complexity index is 1140. The summed E-state index contributed by atoms with van der Waals surface area (Å²) in [5.74, 6) is -0.689. The van der Waals surface area contributed by atoms with Crippen LogP contribution in [0.1, 0.15) is 23.5 Å². The summed E-state index contributed by atoms with van der Waals surface area (Å²) in [5, 5.41) is -2.99. The molecule has 1 unspecified atom stereocenters. The van der Waals surface area contributed by atoms with E-state index >= 15 is 0 Å². The van der Waals surface area contributed by atoms with Crippen molar-refractivity contribution in [2.24, 2.45) is 0 Å². The molecule has 0 fully saturated rings. The number of carbonyl (C=O) groups is 1. The van der Waals surface area contributed by atoms with E-state index < -0.39 is 40.7 Å². The number of carbonyl (C=O) groups excluding carboxylic acids is 1. The number of rotatable bonds is 8. The van der Waals surface area contributed by atoms with Gasteiger partial charge in [-0.25, -0.2) is 4.79 Å². The Kier molecular flexibility index (Phi) is 8.70. The van der Waals surface area contributed by atoms with Crippen molar-refractivity contribution >= 4 is 26.9 Å². The third kappa shape index (κ3) is 6.31. The number of hydrogen-bond donors (Lipinski definition) is 1. The minimum absolute atomic E-state index is 0. The van der Waals surface area contributed by atoms with Gasteiger partial charge in [0.05, 0.1) is 12.2 Å². The van der Waals surface area contributed by atoms with Crippen molar-refractivity contribution < 1.29 is 67.0 Å². The van der Waals surface area contributed by atoms with Crippen LogP contribution in [0.4, 0.5) is 8.78 Å². The molecule has 1 N–H and O–H groups in total. The molecule has 1 atom stereocenters. The maximum atomic E-state index is 13.4. The molecule has 0 aromatic heterocycles. The second kappa shape index (κ2) is 10.6. The first-order chi connectivity index (χ1) is 14.2. The first-order valence-corrected chi connectivity index (χ1v) is 10.3.